The summed E-state index contributed by atoms with van der Waals surface area (Å²) in [6.45, 7) is 1.81. The van der Waals surface area contributed by atoms with Gasteiger partial charge in [0.25, 0.3) is 0 Å². The molecule has 1 fully saturated rings. The first-order valence-corrected chi connectivity index (χ1v) is 5.78. The van der Waals surface area contributed by atoms with Gasteiger partial charge in [0.2, 0.25) is 0 Å². The second kappa shape index (κ2) is 3.67. The summed E-state index contributed by atoms with van der Waals surface area (Å²) in [7, 11) is 0. The first-order chi connectivity index (χ1) is 7.74. The van der Waals surface area contributed by atoms with Crippen LogP contribution in [0.3, 0.4) is 0 Å². The third-order valence-electron chi connectivity index (χ3n) is 3.67. The molecule has 0 aromatic heterocycles. The highest BCUT2D eigenvalue weighted by molar-refractivity contribution is 5.80. The fourth-order valence-electron chi connectivity index (χ4n) is 2.83. The van der Waals surface area contributed by atoms with Crippen LogP contribution in [0.2, 0.25) is 0 Å². The van der Waals surface area contributed by atoms with Crippen LogP contribution < -0.4 is 0 Å². The molecular weight excluding hydrogens is 205 g/mol. The van der Waals surface area contributed by atoms with Gasteiger partial charge in [0, 0.05) is 32.0 Å². The first-order valence-electron chi connectivity index (χ1n) is 5.78. The van der Waals surface area contributed by atoms with Crippen molar-refractivity contribution in [2.24, 2.45) is 0 Å². The van der Waals surface area contributed by atoms with Crippen molar-refractivity contribution in [2.45, 2.75) is 25.3 Å². The zero-order chi connectivity index (χ0) is 11.1. The van der Waals surface area contributed by atoms with Gasteiger partial charge in [0.1, 0.15) is 11.6 Å². The van der Waals surface area contributed by atoms with Gasteiger partial charge < -0.3 is 0 Å². The Bertz CT molecular complexity index is 444. The van der Waals surface area contributed by atoms with E-state index in [1.165, 1.54) is 6.07 Å². The van der Waals surface area contributed by atoms with Gasteiger partial charge in [-0.25, -0.2) is 4.39 Å². The van der Waals surface area contributed by atoms with Gasteiger partial charge in [-0.15, -0.1) is 0 Å². The maximum absolute atomic E-state index is 13.1. The largest absolute Gasteiger partial charge is 0.300 e. The fourth-order valence-corrected chi connectivity index (χ4v) is 2.83. The van der Waals surface area contributed by atoms with Crippen molar-refractivity contribution in [3.63, 3.8) is 0 Å². The van der Waals surface area contributed by atoms with E-state index in [4.69, 9.17) is 0 Å². The van der Waals surface area contributed by atoms with Crippen LogP contribution in [-0.2, 0) is 11.2 Å². The highest BCUT2D eigenvalue weighted by Gasteiger charge is 2.32. The molecule has 2 nitrogen and oxygen atoms in total. The Labute approximate surface area is 94.1 Å². The van der Waals surface area contributed by atoms with Crippen molar-refractivity contribution in [2.75, 3.05) is 13.1 Å². The van der Waals surface area contributed by atoms with E-state index in [0.29, 0.717) is 18.6 Å². The predicted molar refractivity (Wildman–Crippen MR) is 58.7 cm³/mol. The molecule has 0 spiro atoms. The molecule has 1 unspecified atom stereocenters. The van der Waals surface area contributed by atoms with Gasteiger partial charge >= 0.3 is 0 Å². The Kier molecular flexibility index (Phi) is 2.28. The summed E-state index contributed by atoms with van der Waals surface area (Å²) >= 11 is 0. The zero-order valence-corrected chi connectivity index (χ0v) is 9.08. The Hall–Kier alpha value is -1.22. The molecule has 2 aliphatic heterocycles. The quantitative estimate of drug-likeness (QED) is 0.666. The summed E-state index contributed by atoms with van der Waals surface area (Å²) in [6.07, 6.45) is 2.17. The van der Waals surface area contributed by atoms with Gasteiger partial charge in [-0.1, -0.05) is 6.07 Å². The lowest BCUT2D eigenvalue weighted by atomic mass is 9.86. The highest BCUT2D eigenvalue weighted by Crippen LogP contribution is 2.35. The minimum atomic E-state index is -0.172. The minimum absolute atomic E-state index is 0.172. The number of fused-ring (bicyclic) bond motifs is 3. The normalized spacial score (nSPS) is 25.1. The number of hydrogen-bond acceptors (Lipinski definition) is 2. The maximum atomic E-state index is 13.1. The van der Waals surface area contributed by atoms with Crippen LogP contribution in [0.5, 0.6) is 0 Å². The van der Waals surface area contributed by atoms with Crippen LogP contribution in [0.15, 0.2) is 18.2 Å². The first kappa shape index (κ1) is 9.97. The van der Waals surface area contributed by atoms with Crippen LogP contribution in [0.25, 0.3) is 0 Å². The van der Waals surface area contributed by atoms with E-state index in [1.54, 1.807) is 6.07 Å². The van der Waals surface area contributed by atoms with E-state index in [-0.39, 0.29) is 11.9 Å². The van der Waals surface area contributed by atoms with E-state index in [2.05, 4.69) is 4.90 Å². The summed E-state index contributed by atoms with van der Waals surface area (Å²) in [5, 5.41) is 0. The molecular formula is C13H14FNO. The molecule has 2 aliphatic rings. The minimum Gasteiger partial charge on any atom is -0.300 e. The van der Waals surface area contributed by atoms with Gasteiger partial charge in [0.15, 0.2) is 0 Å². The van der Waals surface area contributed by atoms with Crippen molar-refractivity contribution >= 4 is 5.78 Å². The number of carbonyl (C=O) groups is 1. The van der Waals surface area contributed by atoms with E-state index >= 15 is 0 Å². The third kappa shape index (κ3) is 1.55. The Morgan fingerprint density at radius 3 is 2.94 bits per heavy atom. The molecule has 1 aromatic rings. The summed E-state index contributed by atoms with van der Waals surface area (Å²) in [5.74, 6) is 0.160. The van der Waals surface area contributed by atoms with Gasteiger partial charge in [-0.05, 0) is 29.7 Å². The van der Waals surface area contributed by atoms with Crippen LogP contribution in [0.1, 0.15) is 30.0 Å². The lowest BCUT2D eigenvalue weighted by Crippen LogP contribution is -2.41. The van der Waals surface area contributed by atoms with Gasteiger partial charge in [0.05, 0.1) is 0 Å². The summed E-state index contributed by atoms with van der Waals surface area (Å²) in [6, 6.07) is 5.17. The molecule has 1 aromatic carbocycles. The number of rotatable bonds is 0. The van der Waals surface area contributed by atoms with Crippen molar-refractivity contribution in [3.05, 3.63) is 35.1 Å². The molecule has 0 bridgehead atoms. The third-order valence-corrected chi connectivity index (χ3v) is 3.67. The van der Waals surface area contributed by atoms with E-state index in [9.17, 15) is 9.18 Å². The second-order valence-electron chi connectivity index (χ2n) is 4.64. The van der Waals surface area contributed by atoms with Crippen molar-refractivity contribution in [1.29, 1.82) is 0 Å². The van der Waals surface area contributed by atoms with Crippen molar-refractivity contribution in [3.8, 4) is 0 Å². The molecule has 3 rings (SSSR count). The molecule has 84 valence electrons. The van der Waals surface area contributed by atoms with E-state index in [1.807, 2.05) is 6.07 Å². The molecule has 0 saturated carbocycles. The number of halogens is 1. The lowest BCUT2D eigenvalue weighted by Gasteiger charge is -2.39. The second-order valence-corrected chi connectivity index (χ2v) is 4.64. The predicted octanol–water partition coefficient (Wildman–Crippen LogP) is 2.09. The Morgan fingerprint density at radius 1 is 1.25 bits per heavy atom. The molecule has 0 N–H and O–H groups in total. The average Bonchev–Trinajstić information content (AvgIpc) is 2.28. The summed E-state index contributed by atoms with van der Waals surface area (Å²) < 4.78 is 13.1. The van der Waals surface area contributed by atoms with Gasteiger partial charge in [-0.3, -0.25) is 9.69 Å². The smallest absolute Gasteiger partial charge is 0.136 e. The van der Waals surface area contributed by atoms with Crippen LogP contribution in [-0.4, -0.2) is 23.8 Å². The number of carbonyl (C=O) groups excluding carboxylic acids is 1. The van der Waals surface area contributed by atoms with Crippen LogP contribution in [0.4, 0.5) is 4.39 Å². The number of nitrogens with zero attached hydrogens (tertiary/aromatic N) is 1. The SMILES string of the molecule is O=C1CCN2CCc3cc(F)ccc3C2C1. The molecule has 0 aliphatic carbocycles. The topological polar surface area (TPSA) is 20.3 Å². The van der Waals surface area contributed by atoms with Crippen LogP contribution >= 0.6 is 0 Å². The van der Waals surface area contributed by atoms with Gasteiger partial charge in [-0.2, -0.15) is 0 Å². The number of benzene rings is 1. The summed E-state index contributed by atoms with van der Waals surface area (Å²) in [4.78, 5) is 13.8. The Balaban J connectivity index is 2.00. The van der Waals surface area contributed by atoms with Crippen molar-refractivity contribution in [1.82, 2.24) is 4.90 Å². The van der Waals surface area contributed by atoms with Crippen molar-refractivity contribution < 1.29 is 9.18 Å². The Morgan fingerprint density at radius 2 is 2.06 bits per heavy atom. The average molecular weight is 219 g/mol. The monoisotopic (exact) mass is 219 g/mol. The van der Waals surface area contributed by atoms with Crippen LogP contribution in [0, 0.1) is 5.82 Å². The molecule has 3 heteroatoms. The molecule has 16 heavy (non-hydrogen) atoms. The number of hydrogen-bond donors (Lipinski definition) is 0. The standard InChI is InChI=1S/C13H14FNO/c14-10-1-2-12-9(7-10)3-5-15-6-4-11(16)8-13(12)15/h1-2,7,13H,3-6,8H2. The molecule has 0 radical (unpaired) electrons. The molecule has 1 atom stereocenters. The number of ketones is 1. The highest BCUT2D eigenvalue weighted by atomic mass is 19.1. The van der Waals surface area contributed by atoms with E-state index in [0.717, 1.165) is 30.6 Å². The zero-order valence-electron chi connectivity index (χ0n) is 9.08. The summed E-state index contributed by atoms with van der Waals surface area (Å²) in [5.41, 5.74) is 2.23. The number of Topliss-reactive ketones (excluding diaryl/α,β-unsaturated/α-hetero) is 1. The molecule has 0 amide bonds. The maximum Gasteiger partial charge on any atom is 0.136 e. The molecule has 2 heterocycles. The lowest BCUT2D eigenvalue weighted by molar-refractivity contribution is -0.123. The molecule has 1 saturated heterocycles. The van der Waals surface area contributed by atoms with E-state index < -0.39 is 0 Å². The fraction of sp³-hybridized carbons (Fsp3) is 0.462. The number of piperidine rings is 1.